The fourth-order valence-corrected chi connectivity index (χ4v) is 2.75. The van der Waals surface area contributed by atoms with Gasteiger partial charge in [0, 0.05) is 19.7 Å². The Balaban J connectivity index is 2.12. The number of piperidine rings is 1. The lowest BCUT2D eigenvalue weighted by molar-refractivity contribution is 0.203. The molecule has 0 saturated carbocycles. The molecule has 16 heavy (non-hydrogen) atoms. The van der Waals surface area contributed by atoms with Crippen LogP contribution >= 0.6 is 11.5 Å². The fraction of sp³-hybridized carbons (Fsp3) is 0.600. The van der Waals surface area contributed by atoms with Crippen LogP contribution in [0.1, 0.15) is 18.4 Å². The smallest absolute Gasteiger partial charge is 0.157 e. The molecule has 0 aliphatic carbocycles. The molecule has 6 heteroatoms. The van der Waals surface area contributed by atoms with Crippen LogP contribution in [-0.4, -0.2) is 29.2 Å². The van der Waals surface area contributed by atoms with Gasteiger partial charge in [-0.15, -0.1) is 0 Å². The van der Waals surface area contributed by atoms with Crippen LogP contribution in [-0.2, 0) is 0 Å². The van der Waals surface area contributed by atoms with Gasteiger partial charge in [-0.05, 0) is 30.3 Å². The van der Waals surface area contributed by atoms with E-state index in [2.05, 4.69) is 15.3 Å². The summed E-state index contributed by atoms with van der Waals surface area (Å²) in [6, 6.07) is 2.10. The summed E-state index contributed by atoms with van der Waals surface area (Å²) in [4.78, 5) is 2.14. The van der Waals surface area contributed by atoms with Crippen LogP contribution in [0.5, 0.6) is 0 Å². The van der Waals surface area contributed by atoms with Crippen LogP contribution in [0.2, 0.25) is 0 Å². The summed E-state index contributed by atoms with van der Waals surface area (Å²) in [7, 11) is 0. The molecular formula is C10H14N4OS. The zero-order chi connectivity index (χ0) is 11.5. The number of aliphatic hydroxyl groups excluding tert-OH is 1. The van der Waals surface area contributed by atoms with Crippen molar-refractivity contribution in [3.05, 3.63) is 5.56 Å². The van der Waals surface area contributed by atoms with Crippen LogP contribution in [0.25, 0.3) is 0 Å². The maximum absolute atomic E-state index is 9.05. The van der Waals surface area contributed by atoms with Gasteiger partial charge in [0.25, 0.3) is 0 Å². The second-order valence-electron chi connectivity index (χ2n) is 3.97. The largest absolute Gasteiger partial charge is 0.396 e. The van der Waals surface area contributed by atoms with Gasteiger partial charge in [0.15, 0.2) is 5.82 Å². The van der Waals surface area contributed by atoms with Crippen molar-refractivity contribution in [1.29, 1.82) is 5.26 Å². The van der Waals surface area contributed by atoms with E-state index in [9.17, 15) is 0 Å². The highest BCUT2D eigenvalue weighted by molar-refractivity contribution is 7.10. The van der Waals surface area contributed by atoms with Crippen LogP contribution in [0, 0.1) is 17.2 Å². The van der Waals surface area contributed by atoms with E-state index in [1.165, 1.54) is 11.5 Å². The van der Waals surface area contributed by atoms with Crippen molar-refractivity contribution < 1.29 is 5.11 Å². The minimum atomic E-state index is 0.254. The molecule has 86 valence electrons. The lowest BCUT2D eigenvalue weighted by Gasteiger charge is -2.31. The Hall–Kier alpha value is -1.32. The molecule has 2 heterocycles. The first-order chi connectivity index (χ1) is 7.76. The number of hydrogen-bond acceptors (Lipinski definition) is 6. The number of nitrogens with zero attached hydrogens (tertiary/aromatic N) is 3. The van der Waals surface area contributed by atoms with Crippen molar-refractivity contribution in [2.45, 2.75) is 12.8 Å². The van der Waals surface area contributed by atoms with Gasteiger partial charge in [-0.25, -0.2) is 0 Å². The first-order valence-electron chi connectivity index (χ1n) is 5.27. The fourth-order valence-electron chi connectivity index (χ4n) is 1.93. The van der Waals surface area contributed by atoms with E-state index in [-0.39, 0.29) is 6.61 Å². The second kappa shape index (κ2) is 4.68. The maximum atomic E-state index is 9.05. The third-order valence-electron chi connectivity index (χ3n) is 2.97. The van der Waals surface area contributed by atoms with Gasteiger partial charge >= 0.3 is 0 Å². The molecule has 5 nitrogen and oxygen atoms in total. The highest BCUT2D eigenvalue weighted by Gasteiger charge is 2.23. The van der Waals surface area contributed by atoms with Crippen LogP contribution in [0.4, 0.5) is 10.8 Å². The normalized spacial score (nSPS) is 17.4. The monoisotopic (exact) mass is 238 g/mol. The number of aromatic nitrogens is 1. The molecule has 1 fully saturated rings. The summed E-state index contributed by atoms with van der Waals surface area (Å²) in [6.07, 6.45) is 1.92. The van der Waals surface area contributed by atoms with E-state index in [4.69, 9.17) is 16.1 Å². The Labute approximate surface area is 98.3 Å². The number of hydrogen-bond donors (Lipinski definition) is 2. The molecule has 0 amide bonds. The third kappa shape index (κ3) is 1.96. The number of rotatable bonds is 2. The minimum absolute atomic E-state index is 0.254. The Kier molecular flexibility index (Phi) is 3.27. The molecule has 1 aliphatic rings. The number of aliphatic hydroxyl groups is 1. The molecule has 1 saturated heterocycles. The summed E-state index contributed by atoms with van der Waals surface area (Å²) < 4.78 is 4.01. The molecule has 1 aliphatic heterocycles. The molecule has 0 radical (unpaired) electrons. The van der Waals surface area contributed by atoms with Crippen molar-refractivity contribution in [2.75, 3.05) is 30.3 Å². The van der Waals surface area contributed by atoms with Gasteiger partial charge in [-0.1, -0.05) is 0 Å². The average Bonchev–Trinajstić information content (AvgIpc) is 2.70. The number of nitriles is 1. The SMILES string of the molecule is N#Cc1c(N)nsc1N1CCC(CO)CC1. The third-order valence-corrected chi connectivity index (χ3v) is 3.90. The zero-order valence-electron chi connectivity index (χ0n) is 8.89. The summed E-state index contributed by atoms with van der Waals surface area (Å²) in [6.45, 7) is 1.98. The molecular weight excluding hydrogens is 224 g/mol. The van der Waals surface area contributed by atoms with Gasteiger partial charge in [0.2, 0.25) is 0 Å². The van der Waals surface area contributed by atoms with Gasteiger partial charge in [-0.2, -0.15) is 9.64 Å². The van der Waals surface area contributed by atoms with Crippen LogP contribution < -0.4 is 10.6 Å². The molecule has 3 N–H and O–H groups in total. The van der Waals surface area contributed by atoms with Crippen molar-refractivity contribution in [3.8, 4) is 6.07 Å². The second-order valence-corrected chi connectivity index (χ2v) is 4.72. The maximum Gasteiger partial charge on any atom is 0.157 e. The lowest BCUT2D eigenvalue weighted by atomic mass is 9.98. The topological polar surface area (TPSA) is 86.2 Å². The Bertz CT molecular complexity index is 403. The number of nitrogen functional groups attached to an aromatic ring is 1. The van der Waals surface area contributed by atoms with Gasteiger partial charge in [0.1, 0.15) is 16.6 Å². The van der Waals surface area contributed by atoms with Gasteiger partial charge < -0.3 is 15.7 Å². The molecule has 0 bridgehead atoms. The standard InChI is InChI=1S/C10H14N4OS/c11-5-8-9(12)13-16-10(8)14-3-1-7(6-15)2-4-14/h7,15H,1-4,6H2,(H2,12,13). The molecule has 0 atom stereocenters. The summed E-state index contributed by atoms with van der Waals surface area (Å²) >= 11 is 1.28. The molecule has 2 rings (SSSR count). The van der Waals surface area contributed by atoms with E-state index in [1.807, 2.05) is 0 Å². The lowest BCUT2D eigenvalue weighted by Crippen LogP contribution is -2.34. The van der Waals surface area contributed by atoms with E-state index in [0.717, 1.165) is 30.9 Å². The quantitative estimate of drug-likeness (QED) is 0.796. The van der Waals surface area contributed by atoms with Crippen molar-refractivity contribution in [2.24, 2.45) is 5.92 Å². The Morgan fingerprint density at radius 2 is 2.25 bits per heavy atom. The van der Waals surface area contributed by atoms with Crippen LogP contribution in [0.3, 0.4) is 0 Å². The summed E-state index contributed by atoms with van der Waals surface area (Å²) in [5, 5.41) is 18.9. The van der Waals surface area contributed by atoms with E-state index in [0.29, 0.717) is 17.3 Å². The molecule has 1 aromatic rings. The Morgan fingerprint density at radius 1 is 1.56 bits per heavy atom. The Morgan fingerprint density at radius 3 is 2.81 bits per heavy atom. The van der Waals surface area contributed by atoms with Crippen molar-refractivity contribution >= 4 is 22.4 Å². The minimum Gasteiger partial charge on any atom is -0.396 e. The first-order valence-corrected chi connectivity index (χ1v) is 6.04. The van der Waals surface area contributed by atoms with Gasteiger partial charge in [0.05, 0.1) is 0 Å². The molecule has 0 aromatic carbocycles. The summed E-state index contributed by atoms with van der Waals surface area (Å²) in [5.74, 6) is 0.721. The number of anilines is 2. The summed E-state index contributed by atoms with van der Waals surface area (Å²) in [5.41, 5.74) is 6.12. The molecule has 0 spiro atoms. The molecule has 0 unspecified atom stereocenters. The highest BCUT2D eigenvalue weighted by atomic mass is 32.1. The van der Waals surface area contributed by atoms with E-state index >= 15 is 0 Å². The number of nitrogens with two attached hydrogens (primary N) is 1. The predicted octanol–water partition coefficient (Wildman–Crippen LogP) is 0.806. The van der Waals surface area contributed by atoms with Crippen LogP contribution in [0.15, 0.2) is 0 Å². The predicted molar refractivity (Wildman–Crippen MR) is 63.3 cm³/mol. The van der Waals surface area contributed by atoms with E-state index < -0.39 is 0 Å². The zero-order valence-corrected chi connectivity index (χ0v) is 9.70. The average molecular weight is 238 g/mol. The van der Waals surface area contributed by atoms with Crippen molar-refractivity contribution in [3.63, 3.8) is 0 Å². The molecule has 1 aromatic heterocycles. The van der Waals surface area contributed by atoms with Gasteiger partial charge in [-0.3, -0.25) is 0 Å². The highest BCUT2D eigenvalue weighted by Crippen LogP contribution is 2.32. The van der Waals surface area contributed by atoms with Crippen molar-refractivity contribution in [1.82, 2.24) is 4.37 Å². The van der Waals surface area contributed by atoms with E-state index in [1.54, 1.807) is 0 Å². The first kappa shape index (κ1) is 11.2.